The third kappa shape index (κ3) is 5.13. The zero-order valence-electron chi connectivity index (χ0n) is 35.2. The van der Waals surface area contributed by atoms with Crippen molar-refractivity contribution in [1.29, 1.82) is 0 Å². The standard InChI is InChI=1S/C55H53GeN/c1-34-19-28-52(35(2)29-34)57(38-23-27-47-45(32-38)40-15-11-13-17-46(40)55(47,9)10)39-22-26-44-41-16-12-14-18-48(41)56(51(44)33-39)49-30-36(53(3,4)5)20-24-42(49)43-25-21-37(31-50(43)56)54(6,7)8/h11-33H,1-10H3. The number of rotatable bonds is 3. The van der Waals surface area contributed by atoms with Crippen LogP contribution in [0.2, 0.25) is 0 Å². The predicted octanol–water partition coefficient (Wildman–Crippen LogP) is 12.0. The van der Waals surface area contributed by atoms with E-state index in [0.29, 0.717) is 0 Å². The number of anilines is 3. The molecule has 0 amide bonds. The molecule has 2 heterocycles. The van der Waals surface area contributed by atoms with Crippen LogP contribution in [0.15, 0.2) is 140 Å². The molecule has 0 atom stereocenters. The molecule has 1 spiro atoms. The molecule has 0 saturated carbocycles. The van der Waals surface area contributed by atoms with E-state index in [2.05, 4.69) is 214 Å². The van der Waals surface area contributed by atoms with Crippen molar-refractivity contribution in [2.75, 3.05) is 4.90 Å². The summed E-state index contributed by atoms with van der Waals surface area (Å²) in [5.74, 6) is 0. The van der Waals surface area contributed by atoms with Crippen LogP contribution in [0, 0.1) is 13.8 Å². The van der Waals surface area contributed by atoms with Gasteiger partial charge < -0.3 is 0 Å². The molecule has 0 unspecified atom stereocenters. The summed E-state index contributed by atoms with van der Waals surface area (Å²) in [6.07, 6.45) is 0. The maximum absolute atomic E-state index is 3.59. The Morgan fingerprint density at radius 1 is 0.439 bits per heavy atom. The van der Waals surface area contributed by atoms with E-state index in [4.69, 9.17) is 0 Å². The second-order valence-corrected chi connectivity index (χ2v) is 27.2. The van der Waals surface area contributed by atoms with Gasteiger partial charge in [-0.1, -0.05) is 0 Å². The van der Waals surface area contributed by atoms with E-state index in [9.17, 15) is 0 Å². The summed E-state index contributed by atoms with van der Waals surface area (Å²) < 4.78 is 6.28. The second kappa shape index (κ2) is 12.2. The average molecular weight is 801 g/mol. The van der Waals surface area contributed by atoms with Crippen molar-refractivity contribution in [3.8, 4) is 33.4 Å². The fraction of sp³-hybridized carbons (Fsp3) is 0.236. The molecule has 282 valence electrons. The fourth-order valence-electron chi connectivity index (χ4n) is 10.6. The summed E-state index contributed by atoms with van der Waals surface area (Å²) in [4.78, 5) is 2.55. The van der Waals surface area contributed by atoms with Crippen molar-refractivity contribution in [2.24, 2.45) is 0 Å². The Balaban J connectivity index is 1.28. The topological polar surface area (TPSA) is 3.24 Å². The van der Waals surface area contributed by atoms with Crippen LogP contribution in [0.5, 0.6) is 0 Å². The van der Waals surface area contributed by atoms with Crippen LogP contribution in [0.1, 0.15) is 88.8 Å². The van der Waals surface area contributed by atoms with E-state index in [1.165, 1.54) is 83.8 Å². The van der Waals surface area contributed by atoms with Crippen LogP contribution in [0.25, 0.3) is 33.4 Å². The summed E-state index contributed by atoms with van der Waals surface area (Å²) in [7, 11) is 0. The van der Waals surface area contributed by atoms with Crippen LogP contribution >= 0.6 is 0 Å². The summed E-state index contributed by atoms with van der Waals surface area (Å²) in [5, 5.41) is 0. The van der Waals surface area contributed by atoms with Gasteiger partial charge in [0.15, 0.2) is 0 Å². The molecule has 7 aromatic carbocycles. The number of nitrogens with zero attached hydrogens (tertiary/aromatic N) is 1. The van der Waals surface area contributed by atoms with Gasteiger partial charge in [-0.3, -0.25) is 0 Å². The summed E-state index contributed by atoms with van der Waals surface area (Å²) in [6.45, 7) is 23.4. The Hall–Kier alpha value is -5.12. The van der Waals surface area contributed by atoms with Gasteiger partial charge in [-0.05, 0) is 0 Å². The number of hydrogen-bond acceptors (Lipinski definition) is 1. The molecule has 1 aliphatic carbocycles. The van der Waals surface area contributed by atoms with Crippen molar-refractivity contribution in [2.45, 2.75) is 85.5 Å². The second-order valence-electron chi connectivity index (χ2n) is 19.6. The molecular formula is C55H53GeN. The Morgan fingerprint density at radius 2 is 0.947 bits per heavy atom. The zero-order chi connectivity index (χ0) is 39.8. The maximum atomic E-state index is 2.63. The molecule has 0 N–H and O–H groups in total. The molecule has 2 aliphatic heterocycles. The molecule has 0 fully saturated rings. The van der Waals surface area contributed by atoms with Gasteiger partial charge in [0, 0.05) is 0 Å². The van der Waals surface area contributed by atoms with Crippen molar-refractivity contribution in [3.63, 3.8) is 0 Å². The molecule has 0 aromatic heterocycles. The van der Waals surface area contributed by atoms with Gasteiger partial charge in [-0.15, -0.1) is 0 Å². The number of benzene rings is 7. The number of hydrogen-bond donors (Lipinski definition) is 0. The predicted molar refractivity (Wildman–Crippen MR) is 247 cm³/mol. The zero-order valence-corrected chi connectivity index (χ0v) is 37.3. The van der Waals surface area contributed by atoms with Gasteiger partial charge in [-0.2, -0.15) is 0 Å². The average Bonchev–Trinajstić information content (AvgIpc) is 3.73. The van der Waals surface area contributed by atoms with Crippen LogP contribution in [0.3, 0.4) is 0 Å². The van der Waals surface area contributed by atoms with Crippen LogP contribution in [-0.2, 0) is 16.2 Å². The third-order valence-electron chi connectivity index (χ3n) is 13.6. The van der Waals surface area contributed by atoms with E-state index in [1.54, 1.807) is 17.6 Å². The monoisotopic (exact) mass is 801 g/mol. The van der Waals surface area contributed by atoms with Crippen LogP contribution < -0.4 is 22.5 Å². The first-order valence-electron chi connectivity index (χ1n) is 20.8. The van der Waals surface area contributed by atoms with Crippen LogP contribution in [0.4, 0.5) is 17.1 Å². The van der Waals surface area contributed by atoms with Crippen LogP contribution in [-0.4, -0.2) is 13.3 Å². The van der Waals surface area contributed by atoms with Crippen molar-refractivity contribution < 1.29 is 0 Å². The Kier molecular flexibility index (Phi) is 7.75. The normalized spacial score (nSPS) is 15.1. The van der Waals surface area contributed by atoms with Gasteiger partial charge in [-0.25, -0.2) is 0 Å². The number of aryl methyl sites for hydroxylation is 2. The fourth-order valence-corrected chi connectivity index (χ4v) is 22.5. The van der Waals surface area contributed by atoms with E-state index in [0.717, 1.165) is 0 Å². The Morgan fingerprint density at radius 3 is 1.58 bits per heavy atom. The Bertz CT molecular complexity index is 2760. The van der Waals surface area contributed by atoms with Crippen molar-refractivity contribution in [1.82, 2.24) is 0 Å². The third-order valence-corrected chi connectivity index (χ3v) is 23.9. The molecule has 0 radical (unpaired) electrons. The first kappa shape index (κ1) is 36.2. The summed E-state index contributed by atoms with van der Waals surface area (Å²) >= 11 is -3.59. The van der Waals surface area contributed by atoms with E-state index in [-0.39, 0.29) is 16.2 Å². The first-order chi connectivity index (χ1) is 27.1. The number of fused-ring (bicyclic) bond motifs is 13. The Labute approximate surface area is 342 Å². The van der Waals surface area contributed by atoms with Crippen molar-refractivity contribution in [3.05, 3.63) is 173 Å². The molecule has 7 aromatic rings. The van der Waals surface area contributed by atoms with Crippen molar-refractivity contribution >= 4 is 47.9 Å². The molecule has 1 nitrogen and oxygen atoms in total. The summed E-state index contributed by atoms with van der Waals surface area (Å²) in [6, 6.07) is 55.1. The van der Waals surface area contributed by atoms with Gasteiger partial charge in [0.2, 0.25) is 0 Å². The first-order valence-corrected chi connectivity index (χ1v) is 25.0. The van der Waals surface area contributed by atoms with Gasteiger partial charge >= 0.3 is 345 Å². The van der Waals surface area contributed by atoms with E-state index < -0.39 is 13.3 Å². The molecule has 10 rings (SSSR count). The molecular weight excluding hydrogens is 747 g/mol. The minimum absolute atomic E-state index is 0.0348. The van der Waals surface area contributed by atoms with E-state index >= 15 is 0 Å². The molecule has 0 saturated heterocycles. The molecule has 2 heteroatoms. The minimum atomic E-state index is -3.59. The SMILES string of the molecule is Cc1ccc(N(c2ccc3c(c2)-c2ccccc2C3(C)C)c2ccc3[c](c2)[Ge]2([c]4ccccc4-3)[c]3cc(C(C)(C)C)ccc3-c3ccc(C(C)(C)C)c[c]32)c(C)c1. The molecule has 0 bridgehead atoms. The van der Waals surface area contributed by atoms with Gasteiger partial charge in [0.25, 0.3) is 0 Å². The molecule has 57 heavy (non-hydrogen) atoms. The van der Waals surface area contributed by atoms with E-state index in [1.807, 2.05) is 0 Å². The molecule has 3 aliphatic rings. The van der Waals surface area contributed by atoms with Gasteiger partial charge in [0.05, 0.1) is 0 Å². The quantitative estimate of drug-likeness (QED) is 0.161. The summed E-state index contributed by atoms with van der Waals surface area (Å²) in [5.41, 5.74) is 20.2. The van der Waals surface area contributed by atoms with Gasteiger partial charge in [0.1, 0.15) is 0 Å².